The Bertz CT molecular complexity index is 329. The fourth-order valence-electron chi connectivity index (χ4n) is 1.67. The van der Waals surface area contributed by atoms with Crippen LogP contribution in [0.1, 0.15) is 30.8 Å². The summed E-state index contributed by atoms with van der Waals surface area (Å²) in [6, 6.07) is 0. The first kappa shape index (κ1) is 12.6. The first-order chi connectivity index (χ1) is 6.97. The molecule has 0 aliphatic carbocycles. The summed E-state index contributed by atoms with van der Waals surface area (Å²) in [7, 11) is 0. The summed E-state index contributed by atoms with van der Waals surface area (Å²) in [5, 5.41) is 4.56. The van der Waals surface area contributed by atoms with E-state index in [2.05, 4.69) is 57.0 Å². The maximum absolute atomic E-state index is 4.56. The lowest BCUT2D eigenvalue weighted by molar-refractivity contribution is 0.351. The molecule has 0 bridgehead atoms. The van der Waals surface area contributed by atoms with Crippen molar-refractivity contribution in [3.05, 3.63) is 17.0 Å². The van der Waals surface area contributed by atoms with Crippen molar-refractivity contribution in [2.75, 3.05) is 5.75 Å². The summed E-state index contributed by atoms with van der Waals surface area (Å²) in [5.41, 5.74) is 3.76. The molecule has 86 valence electrons. The van der Waals surface area contributed by atoms with Crippen LogP contribution in [0.3, 0.4) is 0 Å². The van der Waals surface area contributed by atoms with Crippen molar-refractivity contribution in [1.82, 2.24) is 9.78 Å². The standard InChI is InChI=1S/C12H22N2S/c1-8(2)12(7-15)6-14-11(5)9(3)10(4)13-14/h8,12,15H,6-7H2,1-5H3. The van der Waals surface area contributed by atoms with Gasteiger partial charge >= 0.3 is 0 Å². The highest BCUT2D eigenvalue weighted by Crippen LogP contribution is 2.18. The molecular weight excluding hydrogens is 204 g/mol. The van der Waals surface area contributed by atoms with E-state index in [9.17, 15) is 0 Å². The van der Waals surface area contributed by atoms with Crippen molar-refractivity contribution in [2.24, 2.45) is 11.8 Å². The predicted octanol–water partition coefficient (Wildman–Crippen LogP) is 3.01. The highest BCUT2D eigenvalue weighted by atomic mass is 32.1. The lowest BCUT2D eigenvalue weighted by atomic mass is 9.98. The van der Waals surface area contributed by atoms with Gasteiger partial charge in [0.2, 0.25) is 0 Å². The van der Waals surface area contributed by atoms with E-state index in [-0.39, 0.29) is 0 Å². The predicted molar refractivity (Wildman–Crippen MR) is 68.6 cm³/mol. The highest BCUT2D eigenvalue weighted by molar-refractivity contribution is 7.80. The van der Waals surface area contributed by atoms with Gasteiger partial charge < -0.3 is 0 Å². The zero-order valence-electron chi connectivity index (χ0n) is 10.4. The van der Waals surface area contributed by atoms with Crippen LogP contribution in [0.25, 0.3) is 0 Å². The quantitative estimate of drug-likeness (QED) is 0.781. The molecule has 1 unspecified atom stereocenters. The van der Waals surface area contributed by atoms with Crippen LogP contribution in [0.2, 0.25) is 0 Å². The number of aryl methyl sites for hydroxylation is 1. The van der Waals surface area contributed by atoms with E-state index in [4.69, 9.17) is 0 Å². The normalized spacial score (nSPS) is 13.5. The fourth-order valence-corrected chi connectivity index (χ4v) is 2.20. The summed E-state index contributed by atoms with van der Waals surface area (Å²) >= 11 is 4.41. The van der Waals surface area contributed by atoms with Crippen molar-refractivity contribution in [1.29, 1.82) is 0 Å². The van der Waals surface area contributed by atoms with Crippen molar-refractivity contribution in [2.45, 2.75) is 41.2 Å². The molecule has 0 spiro atoms. The Morgan fingerprint density at radius 3 is 2.20 bits per heavy atom. The first-order valence-corrected chi connectivity index (χ1v) is 6.22. The second-order valence-electron chi connectivity index (χ2n) is 4.66. The zero-order chi connectivity index (χ0) is 11.6. The third-order valence-corrected chi connectivity index (χ3v) is 3.80. The first-order valence-electron chi connectivity index (χ1n) is 5.58. The molecule has 1 atom stereocenters. The van der Waals surface area contributed by atoms with Crippen LogP contribution >= 0.6 is 12.6 Å². The molecule has 1 aromatic heterocycles. The monoisotopic (exact) mass is 226 g/mol. The van der Waals surface area contributed by atoms with Crippen LogP contribution < -0.4 is 0 Å². The van der Waals surface area contributed by atoms with Gasteiger partial charge in [-0.2, -0.15) is 17.7 Å². The van der Waals surface area contributed by atoms with Gasteiger partial charge in [-0.3, -0.25) is 4.68 Å². The molecular formula is C12H22N2S. The maximum atomic E-state index is 4.56. The molecule has 0 radical (unpaired) electrons. The summed E-state index contributed by atoms with van der Waals surface area (Å²) in [6.07, 6.45) is 0. The lowest BCUT2D eigenvalue weighted by Gasteiger charge is -2.19. The third-order valence-electron chi connectivity index (χ3n) is 3.33. The Kier molecular flexibility index (Phi) is 4.26. The van der Waals surface area contributed by atoms with Crippen LogP contribution in [-0.4, -0.2) is 15.5 Å². The van der Waals surface area contributed by atoms with Crippen LogP contribution in [0.4, 0.5) is 0 Å². The number of rotatable bonds is 4. The van der Waals surface area contributed by atoms with E-state index in [1.807, 2.05) is 0 Å². The Morgan fingerprint density at radius 1 is 1.27 bits per heavy atom. The van der Waals surface area contributed by atoms with Gasteiger partial charge in [0.05, 0.1) is 5.69 Å². The molecule has 1 aromatic rings. The topological polar surface area (TPSA) is 17.8 Å². The number of thiol groups is 1. The molecule has 3 heteroatoms. The SMILES string of the molecule is Cc1nn(CC(CS)C(C)C)c(C)c1C. The minimum Gasteiger partial charge on any atom is -0.269 e. The average molecular weight is 226 g/mol. The van der Waals surface area contributed by atoms with Gasteiger partial charge in [0.25, 0.3) is 0 Å². The van der Waals surface area contributed by atoms with Gasteiger partial charge in [-0.25, -0.2) is 0 Å². The van der Waals surface area contributed by atoms with E-state index < -0.39 is 0 Å². The van der Waals surface area contributed by atoms with Crippen molar-refractivity contribution in [3.63, 3.8) is 0 Å². The Hall–Kier alpha value is -0.440. The Morgan fingerprint density at radius 2 is 1.87 bits per heavy atom. The second-order valence-corrected chi connectivity index (χ2v) is 5.03. The molecule has 0 aliphatic heterocycles. The molecule has 0 aliphatic rings. The number of nitrogens with zero attached hydrogens (tertiary/aromatic N) is 2. The molecule has 15 heavy (non-hydrogen) atoms. The zero-order valence-corrected chi connectivity index (χ0v) is 11.3. The van der Waals surface area contributed by atoms with Crippen molar-refractivity contribution in [3.8, 4) is 0 Å². The second kappa shape index (κ2) is 5.06. The highest BCUT2D eigenvalue weighted by Gasteiger charge is 2.15. The number of hydrogen-bond acceptors (Lipinski definition) is 2. The molecule has 0 saturated heterocycles. The fraction of sp³-hybridized carbons (Fsp3) is 0.750. The maximum Gasteiger partial charge on any atom is 0.0625 e. The van der Waals surface area contributed by atoms with E-state index in [0.29, 0.717) is 11.8 Å². The van der Waals surface area contributed by atoms with Gasteiger partial charge in [0, 0.05) is 12.2 Å². The number of aromatic nitrogens is 2. The minimum absolute atomic E-state index is 0.603. The minimum atomic E-state index is 0.603. The van der Waals surface area contributed by atoms with Crippen LogP contribution in [0.15, 0.2) is 0 Å². The largest absolute Gasteiger partial charge is 0.269 e. The number of hydrogen-bond donors (Lipinski definition) is 1. The van der Waals surface area contributed by atoms with Gasteiger partial charge in [-0.05, 0) is 43.9 Å². The molecule has 0 fully saturated rings. The van der Waals surface area contributed by atoms with Crippen LogP contribution in [-0.2, 0) is 6.54 Å². The molecule has 0 amide bonds. The van der Waals surface area contributed by atoms with Gasteiger partial charge in [-0.15, -0.1) is 0 Å². The molecule has 1 rings (SSSR count). The van der Waals surface area contributed by atoms with E-state index >= 15 is 0 Å². The summed E-state index contributed by atoms with van der Waals surface area (Å²) < 4.78 is 2.13. The molecule has 0 aromatic carbocycles. The van der Waals surface area contributed by atoms with E-state index in [1.54, 1.807) is 0 Å². The molecule has 0 saturated carbocycles. The lowest BCUT2D eigenvalue weighted by Crippen LogP contribution is -2.19. The summed E-state index contributed by atoms with van der Waals surface area (Å²) in [4.78, 5) is 0. The Labute approximate surface area is 98.5 Å². The van der Waals surface area contributed by atoms with Crippen LogP contribution in [0, 0.1) is 32.6 Å². The third kappa shape index (κ3) is 2.77. The molecule has 2 nitrogen and oxygen atoms in total. The van der Waals surface area contributed by atoms with Crippen molar-refractivity contribution < 1.29 is 0 Å². The van der Waals surface area contributed by atoms with Crippen LogP contribution in [0.5, 0.6) is 0 Å². The van der Waals surface area contributed by atoms with Gasteiger partial charge in [-0.1, -0.05) is 13.8 Å². The smallest absolute Gasteiger partial charge is 0.0625 e. The Balaban J connectivity index is 2.84. The molecule has 1 heterocycles. The summed E-state index contributed by atoms with van der Waals surface area (Å²) in [6.45, 7) is 11.8. The van der Waals surface area contributed by atoms with Gasteiger partial charge in [0.15, 0.2) is 0 Å². The average Bonchev–Trinajstić information content (AvgIpc) is 2.42. The van der Waals surface area contributed by atoms with E-state index in [0.717, 1.165) is 18.0 Å². The summed E-state index contributed by atoms with van der Waals surface area (Å²) in [5.74, 6) is 2.19. The molecule has 0 N–H and O–H groups in total. The van der Waals surface area contributed by atoms with Crippen molar-refractivity contribution >= 4 is 12.6 Å². The van der Waals surface area contributed by atoms with Gasteiger partial charge in [0.1, 0.15) is 0 Å². The van der Waals surface area contributed by atoms with E-state index in [1.165, 1.54) is 11.3 Å².